The number of sulfonamides is 1. The Kier molecular flexibility index (Phi) is 6.16. The van der Waals surface area contributed by atoms with E-state index in [0.717, 1.165) is 30.3 Å². The first kappa shape index (κ1) is 22.2. The number of aryl methyl sites for hydroxylation is 2. The van der Waals surface area contributed by atoms with Gasteiger partial charge >= 0.3 is 5.69 Å². The van der Waals surface area contributed by atoms with Crippen LogP contribution in [0.1, 0.15) is 37.6 Å². The number of nitro benzene ring substituents is 1. The SMILES string of the molecule is CCn1c(COc2cc(C)ccc2[N+](=O)[O-])nc2cc(S(=O)(=O)N3CCCCC3)ccc21. The van der Waals surface area contributed by atoms with Crippen molar-refractivity contribution in [2.45, 2.75) is 51.2 Å². The van der Waals surface area contributed by atoms with Crippen LogP contribution in [0.25, 0.3) is 11.0 Å². The first-order valence-corrected chi connectivity index (χ1v) is 12.1. The fourth-order valence-electron chi connectivity index (χ4n) is 4.07. The van der Waals surface area contributed by atoms with E-state index in [9.17, 15) is 18.5 Å². The normalized spacial score (nSPS) is 15.2. The number of aromatic nitrogens is 2. The number of fused-ring (bicyclic) bond motifs is 1. The largest absolute Gasteiger partial charge is 0.479 e. The van der Waals surface area contributed by atoms with Gasteiger partial charge in [0.15, 0.2) is 5.75 Å². The number of piperidine rings is 1. The van der Waals surface area contributed by atoms with Crippen LogP contribution in [0.5, 0.6) is 5.75 Å². The van der Waals surface area contributed by atoms with Crippen LogP contribution in [-0.4, -0.2) is 40.3 Å². The molecule has 4 rings (SSSR count). The molecule has 3 aromatic rings. The van der Waals surface area contributed by atoms with Crippen molar-refractivity contribution in [3.05, 3.63) is 57.9 Å². The molecule has 1 saturated heterocycles. The maximum absolute atomic E-state index is 13.0. The summed E-state index contributed by atoms with van der Waals surface area (Å²) >= 11 is 0. The highest BCUT2D eigenvalue weighted by Crippen LogP contribution is 2.29. The third-order valence-electron chi connectivity index (χ3n) is 5.74. The summed E-state index contributed by atoms with van der Waals surface area (Å²) in [7, 11) is -3.56. The number of rotatable bonds is 7. The number of hydrogen-bond donors (Lipinski definition) is 0. The van der Waals surface area contributed by atoms with E-state index in [0.29, 0.717) is 31.0 Å². The minimum Gasteiger partial charge on any atom is -0.479 e. The standard InChI is InChI=1S/C22H26N4O5S/c1-3-25-19-10-8-17(32(29,30)24-11-5-4-6-12-24)14-18(19)23-22(25)15-31-21-13-16(2)7-9-20(21)26(27)28/h7-10,13-14H,3-6,11-12,15H2,1-2H3. The second-order valence-electron chi connectivity index (χ2n) is 7.90. The van der Waals surface area contributed by atoms with E-state index in [1.54, 1.807) is 30.3 Å². The van der Waals surface area contributed by atoms with E-state index in [2.05, 4.69) is 4.98 Å². The van der Waals surface area contributed by atoms with Crippen molar-refractivity contribution in [3.8, 4) is 5.75 Å². The summed E-state index contributed by atoms with van der Waals surface area (Å²) in [5.41, 5.74) is 2.09. The predicted molar refractivity (Wildman–Crippen MR) is 120 cm³/mol. The van der Waals surface area contributed by atoms with Gasteiger partial charge in [0.05, 0.1) is 20.9 Å². The molecular weight excluding hydrogens is 432 g/mol. The Morgan fingerprint density at radius 1 is 1.12 bits per heavy atom. The van der Waals surface area contributed by atoms with Gasteiger partial charge in [0.25, 0.3) is 0 Å². The summed E-state index contributed by atoms with van der Waals surface area (Å²) in [5, 5.41) is 11.3. The summed E-state index contributed by atoms with van der Waals surface area (Å²) in [6, 6.07) is 9.70. The quantitative estimate of drug-likeness (QED) is 0.391. The number of imidazole rings is 1. The van der Waals surface area contributed by atoms with Crippen molar-refractivity contribution in [2.75, 3.05) is 13.1 Å². The molecule has 1 aliphatic heterocycles. The topological polar surface area (TPSA) is 108 Å². The predicted octanol–water partition coefficient (Wildman–Crippen LogP) is 4.03. The van der Waals surface area contributed by atoms with Crippen molar-refractivity contribution in [2.24, 2.45) is 0 Å². The summed E-state index contributed by atoms with van der Waals surface area (Å²) < 4.78 is 35.3. The molecule has 2 aromatic carbocycles. The van der Waals surface area contributed by atoms with Crippen molar-refractivity contribution < 1.29 is 18.1 Å². The number of nitrogens with zero attached hydrogens (tertiary/aromatic N) is 4. The van der Waals surface area contributed by atoms with E-state index in [4.69, 9.17) is 4.74 Å². The molecule has 2 heterocycles. The Bertz CT molecular complexity index is 1260. The van der Waals surface area contributed by atoms with Gasteiger partial charge in [0.1, 0.15) is 12.4 Å². The fraction of sp³-hybridized carbons (Fsp3) is 0.409. The average molecular weight is 459 g/mol. The second-order valence-corrected chi connectivity index (χ2v) is 9.84. The molecule has 32 heavy (non-hydrogen) atoms. The molecule has 9 nitrogen and oxygen atoms in total. The van der Waals surface area contributed by atoms with Gasteiger partial charge in [-0.1, -0.05) is 12.5 Å². The average Bonchev–Trinajstić information content (AvgIpc) is 3.14. The second kappa shape index (κ2) is 8.87. The Morgan fingerprint density at radius 2 is 1.88 bits per heavy atom. The van der Waals surface area contributed by atoms with Crippen molar-refractivity contribution in [3.63, 3.8) is 0 Å². The van der Waals surface area contributed by atoms with Crippen molar-refractivity contribution in [1.29, 1.82) is 0 Å². The molecule has 1 fully saturated rings. The third kappa shape index (κ3) is 4.20. The molecule has 1 aliphatic rings. The zero-order valence-electron chi connectivity index (χ0n) is 18.2. The van der Waals surface area contributed by atoms with Crippen molar-refractivity contribution >= 4 is 26.7 Å². The van der Waals surface area contributed by atoms with E-state index in [-0.39, 0.29) is 22.9 Å². The van der Waals surface area contributed by atoms with Gasteiger partial charge in [0.2, 0.25) is 10.0 Å². The van der Waals surface area contributed by atoms with Crippen LogP contribution in [0.2, 0.25) is 0 Å². The lowest BCUT2D eigenvalue weighted by molar-refractivity contribution is -0.386. The summed E-state index contributed by atoms with van der Waals surface area (Å²) in [6.07, 6.45) is 2.80. The lowest BCUT2D eigenvalue weighted by Crippen LogP contribution is -2.35. The van der Waals surface area contributed by atoms with Crippen LogP contribution in [0.3, 0.4) is 0 Å². The minimum absolute atomic E-state index is 0.0288. The van der Waals surface area contributed by atoms with Gasteiger partial charge in [-0.3, -0.25) is 10.1 Å². The molecular formula is C22H26N4O5S. The maximum atomic E-state index is 13.0. The number of ether oxygens (including phenoxy) is 1. The zero-order chi connectivity index (χ0) is 22.9. The lowest BCUT2D eigenvalue weighted by atomic mass is 10.2. The maximum Gasteiger partial charge on any atom is 0.310 e. The molecule has 170 valence electrons. The Balaban J connectivity index is 1.65. The summed E-state index contributed by atoms with van der Waals surface area (Å²) in [6.45, 7) is 5.50. The highest BCUT2D eigenvalue weighted by Gasteiger charge is 2.27. The van der Waals surface area contributed by atoms with Crippen LogP contribution in [0, 0.1) is 17.0 Å². The monoisotopic (exact) mass is 458 g/mol. The molecule has 0 spiro atoms. The molecule has 0 atom stereocenters. The van der Waals surface area contributed by atoms with Crippen LogP contribution < -0.4 is 4.74 Å². The third-order valence-corrected chi connectivity index (χ3v) is 7.63. The van der Waals surface area contributed by atoms with Gasteiger partial charge in [0, 0.05) is 25.7 Å². The van der Waals surface area contributed by atoms with Crippen LogP contribution in [-0.2, 0) is 23.2 Å². The summed E-state index contributed by atoms with van der Waals surface area (Å²) in [4.78, 5) is 15.7. The molecule has 1 aromatic heterocycles. The highest BCUT2D eigenvalue weighted by atomic mass is 32.2. The van der Waals surface area contributed by atoms with E-state index in [1.807, 2.05) is 18.4 Å². The van der Waals surface area contributed by atoms with Crippen LogP contribution >= 0.6 is 0 Å². The molecule has 0 aliphatic carbocycles. The molecule has 0 radical (unpaired) electrons. The van der Waals surface area contributed by atoms with E-state index >= 15 is 0 Å². The highest BCUT2D eigenvalue weighted by molar-refractivity contribution is 7.89. The molecule has 10 heteroatoms. The van der Waals surface area contributed by atoms with Crippen molar-refractivity contribution in [1.82, 2.24) is 13.9 Å². The van der Waals surface area contributed by atoms with E-state index < -0.39 is 14.9 Å². The molecule has 0 saturated carbocycles. The Hall–Kier alpha value is -2.98. The van der Waals surface area contributed by atoms with Gasteiger partial charge in [-0.25, -0.2) is 13.4 Å². The molecule has 0 unspecified atom stereocenters. The summed E-state index contributed by atoms with van der Waals surface area (Å²) in [5.74, 6) is 0.754. The zero-order valence-corrected chi connectivity index (χ0v) is 19.0. The lowest BCUT2D eigenvalue weighted by Gasteiger charge is -2.25. The fourth-order valence-corrected chi connectivity index (χ4v) is 5.61. The number of nitro groups is 1. The van der Waals surface area contributed by atoms with Gasteiger partial charge in [-0.15, -0.1) is 0 Å². The molecule has 0 amide bonds. The molecule has 0 N–H and O–H groups in total. The first-order chi connectivity index (χ1) is 15.3. The smallest absolute Gasteiger partial charge is 0.310 e. The van der Waals surface area contributed by atoms with Crippen LogP contribution in [0.15, 0.2) is 41.3 Å². The first-order valence-electron chi connectivity index (χ1n) is 10.7. The van der Waals surface area contributed by atoms with Gasteiger partial charge in [-0.2, -0.15) is 4.31 Å². The van der Waals surface area contributed by atoms with Gasteiger partial charge < -0.3 is 9.30 Å². The minimum atomic E-state index is -3.56. The molecule has 0 bridgehead atoms. The Morgan fingerprint density at radius 3 is 2.56 bits per heavy atom. The van der Waals surface area contributed by atoms with Gasteiger partial charge in [-0.05, 0) is 56.5 Å². The van der Waals surface area contributed by atoms with E-state index in [1.165, 1.54) is 10.4 Å². The van der Waals surface area contributed by atoms with Crippen LogP contribution in [0.4, 0.5) is 5.69 Å². The Labute approximate surface area is 186 Å². The number of benzene rings is 2. The number of hydrogen-bond acceptors (Lipinski definition) is 6.